The number of nitrogens with zero attached hydrogens (tertiary/aromatic N) is 1. The fourth-order valence-corrected chi connectivity index (χ4v) is 7.54. The third kappa shape index (κ3) is 10.5. The fourth-order valence-electron chi connectivity index (χ4n) is 6.16. The number of hydrogen-bond donors (Lipinski definition) is 3. The van der Waals surface area contributed by atoms with Gasteiger partial charge in [0, 0.05) is 25.1 Å². The highest BCUT2D eigenvalue weighted by atomic mass is 32.2. The number of carbonyl (C=O) groups is 1. The van der Waals surface area contributed by atoms with Gasteiger partial charge >= 0.3 is 0 Å². The zero-order valence-corrected chi connectivity index (χ0v) is 32.1. The highest BCUT2D eigenvalue weighted by Gasteiger charge is 2.50. The zero-order chi connectivity index (χ0) is 39.2. The number of aliphatic hydroxyl groups is 1. The van der Waals surface area contributed by atoms with Crippen LogP contribution in [0.2, 0.25) is 0 Å². The Morgan fingerprint density at radius 2 is 1.41 bits per heavy atom. The van der Waals surface area contributed by atoms with E-state index in [1.807, 2.05) is 78.9 Å². The highest BCUT2D eigenvalue weighted by molar-refractivity contribution is 7.91. The standard InChI is InChI=1S/C44H47N3O8S/c1-33-44(25-29-56(50,51)39-16-9-4-10-17-39,46-42(55-33)37-19-21-38(22-20-37)52-28-11-27-48)43(49)47-45-26-24-34-18-23-40(53-31-35-12-5-2-6-13-35)41(30-34)54-32-36-14-7-3-8-15-36/h2-10,12-23,30,33,45,48H,11,24-29,31-32H2,1H3,(H,47,49)/t33-,44-/m0/s1. The van der Waals surface area contributed by atoms with Crippen molar-refractivity contribution in [3.63, 3.8) is 0 Å². The van der Waals surface area contributed by atoms with Gasteiger partial charge in [-0.25, -0.2) is 18.8 Å². The van der Waals surface area contributed by atoms with Gasteiger partial charge in [0.05, 0.1) is 17.3 Å². The average molecular weight is 778 g/mol. The summed E-state index contributed by atoms with van der Waals surface area (Å²) >= 11 is 0. The Bertz CT molecular complexity index is 2150. The molecule has 5 aromatic rings. The molecule has 0 aromatic heterocycles. The summed E-state index contributed by atoms with van der Waals surface area (Å²) in [5, 5.41) is 9.05. The van der Waals surface area contributed by atoms with Crippen LogP contribution >= 0.6 is 0 Å². The number of carbonyl (C=O) groups excluding carboxylic acids is 1. The van der Waals surface area contributed by atoms with Crippen LogP contribution in [0.1, 0.15) is 42.0 Å². The van der Waals surface area contributed by atoms with E-state index in [1.54, 1.807) is 49.4 Å². The van der Waals surface area contributed by atoms with Gasteiger partial charge < -0.3 is 24.1 Å². The van der Waals surface area contributed by atoms with Crippen molar-refractivity contribution in [1.29, 1.82) is 0 Å². The van der Waals surface area contributed by atoms with Crippen molar-refractivity contribution in [2.75, 3.05) is 25.5 Å². The van der Waals surface area contributed by atoms with E-state index in [4.69, 9.17) is 29.0 Å². The van der Waals surface area contributed by atoms with Gasteiger partial charge in [-0.3, -0.25) is 10.2 Å². The van der Waals surface area contributed by atoms with E-state index in [9.17, 15) is 13.2 Å². The topological polar surface area (TPSA) is 145 Å². The summed E-state index contributed by atoms with van der Waals surface area (Å²) in [7, 11) is -3.73. The summed E-state index contributed by atoms with van der Waals surface area (Å²) in [4.78, 5) is 19.1. The Balaban J connectivity index is 1.14. The molecule has 6 rings (SSSR count). The predicted molar refractivity (Wildman–Crippen MR) is 214 cm³/mol. The molecule has 0 spiro atoms. The minimum atomic E-state index is -3.73. The van der Waals surface area contributed by atoms with E-state index in [-0.39, 0.29) is 29.6 Å². The van der Waals surface area contributed by atoms with Crippen molar-refractivity contribution >= 4 is 21.6 Å². The van der Waals surface area contributed by atoms with E-state index >= 15 is 0 Å². The van der Waals surface area contributed by atoms with Crippen LogP contribution in [0.15, 0.2) is 143 Å². The quantitative estimate of drug-likeness (QED) is 0.0618. The van der Waals surface area contributed by atoms with Crippen LogP contribution in [0.3, 0.4) is 0 Å². The van der Waals surface area contributed by atoms with Crippen molar-refractivity contribution in [3.05, 3.63) is 156 Å². The average Bonchev–Trinajstić information content (AvgIpc) is 3.58. The lowest BCUT2D eigenvalue weighted by Crippen LogP contribution is -2.55. The number of rotatable bonds is 20. The summed E-state index contributed by atoms with van der Waals surface area (Å²) in [6.45, 7) is 3.23. The first-order valence-corrected chi connectivity index (χ1v) is 20.3. The number of aliphatic imine (C=N–C) groups is 1. The number of benzene rings is 5. The Hall–Kier alpha value is -5.69. The molecule has 0 saturated carbocycles. The van der Waals surface area contributed by atoms with Crippen molar-refractivity contribution in [2.45, 2.75) is 55.9 Å². The maximum absolute atomic E-state index is 14.1. The van der Waals surface area contributed by atoms with Gasteiger partial charge in [0.1, 0.15) is 25.1 Å². The normalized spacial score (nSPS) is 16.4. The summed E-state index contributed by atoms with van der Waals surface area (Å²) < 4.78 is 51.0. The molecule has 2 atom stereocenters. The zero-order valence-electron chi connectivity index (χ0n) is 31.3. The van der Waals surface area contributed by atoms with Crippen LogP contribution < -0.4 is 25.1 Å². The largest absolute Gasteiger partial charge is 0.494 e. The first kappa shape index (κ1) is 40.0. The molecule has 1 aliphatic heterocycles. The van der Waals surface area contributed by atoms with Crippen molar-refractivity contribution in [2.24, 2.45) is 4.99 Å². The van der Waals surface area contributed by atoms with E-state index in [0.29, 0.717) is 62.0 Å². The van der Waals surface area contributed by atoms with Crippen molar-refractivity contribution in [1.82, 2.24) is 10.9 Å². The lowest BCUT2D eigenvalue weighted by Gasteiger charge is -2.28. The lowest BCUT2D eigenvalue weighted by atomic mass is 9.90. The van der Waals surface area contributed by atoms with Crippen LogP contribution in [0, 0.1) is 0 Å². The molecule has 0 fully saturated rings. The number of amides is 1. The second kappa shape index (κ2) is 19.3. The number of aliphatic hydroxyl groups excluding tert-OH is 1. The second-order valence-electron chi connectivity index (χ2n) is 13.4. The third-order valence-corrected chi connectivity index (χ3v) is 11.1. The van der Waals surface area contributed by atoms with Crippen LogP contribution in [0.4, 0.5) is 0 Å². The van der Waals surface area contributed by atoms with E-state index in [1.165, 1.54) is 12.1 Å². The number of hydrazine groups is 1. The molecule has 0 aliphatic carbocycles. The minimum Gasteiger partial charge on any atom is -0.494 e. The predicted octanol–water partition coefficient (Wildman–Crippen LogP) is 6.24. The van der Waals surface area contributed by atoms with E-state index < -0.39 is 27.4 Å². The SMILES string of the molecule is C[C@@H]1OC(c2ccc(OCCCO)cc2)=N[C@]1(CCS(=O)(=O)c1ccccc1)C(=O)NNCCc1ccc(OCc2ccccc2)c(OCc2ccccc2)c1. The van der Waals surface area contributed by atoms with Gasteiger partial charge in [-0.05, 0) is 85.0 Å². The Kier molecular flexibility index (Phi) is 13.7. The van der Waals surface area contributed by atoms with E-state index in [0.717, 1.165) is 16.7 Å². The molecule has 3 N–H and O–H groups in total. The highest BCUT2D eigenvalue weighted by Crippen LogP contribution is 2.34. The molecule has 1 amide bonds. The lowest BCUT2D eigenvalue weighted by molar-refractivity contribution is -0.129. The Morgan fingerprint density at radius 3 is 2.05 bits per heavy atom. The van der Waals surface area contributed by atoms with Crippen molar-refractivity contribution in [3.8, 4) is 17.2 Å². The van der Waals surface area contributed by atoms with Crippen LogP contribution in [0.5, 0.6) is 17.2 Å². The Morgan fingerprint density at radius 1 is 0.786 bits per heavy atom. The van der Waals surface area contributed by atoms with Crippen LogP contribution in [-0.2, 0) is 39.0 Å². The van der Waals surface area contributed by atoms with Crippen molar-refractivity contribution < 1.29 is 37.3 Å². The van der Waals surface area contributed by atoms with Gasteiger partial charge in [-0.2, -0.15) is 0 Å². The summed E-state index contributed by atoms with van der Waals surface area (Å²) in [6, 6.07) is 40.8. The molecular formula is C44H47N3O8S. The molecule has 1 aliphatic rings. The molecule has 11 nitrogen and oxygen atoms in total. The molecule has 292 valence electrons. The van der Waals surface area contributed by atoms with Crippen LogP contribution in [0.25, 0.3) is 0 Å². The first-order valence-electron chi connectivity index (χ1n) is 18.6. The summed E-state index contributed by atoms with van der Waals surface area (Å²) in [5.41, 5.74) is 7.91. The maximum atomic E-state index is 14.1. The summed E-state index contributed by atoms with van der Waals surface area (Å²) in [6.07, 6.45) is 0.146. The first-order chi connectivity index (χ1) is 27.3. The van der Waals surface area contributed by atoms with Gasteiger partial charge in [0.15, 0.2) is 26.9 Å². The monoisotopic (exact) mass is 777 g/mol. The maximum Gasteiger partial charge on any atom is 0.266 e. The minimum absolute atomic E-state index is 0.0305. The molecule has 0 saturated heterocycles. The molecule has 1 heterocycles. The van der Waals surface area contributed by atoms with E-state index in [2.05, 4.69) is 10.9 Å². The van der Waals surface area contributed by atoms with Gasteiger partial charge in [-0.1, -0.05) is 84.9 Å². The summed E-state index contributed by atoms with van der Waals surface area (Å²) in [5.74, 6) is 1.23. The number of ether oxygens (including phenoxy) is 4. The number of nitrogens with one attached hydrogen (secondary N) is 2. The molecular weight excluding hydrogens is 731 g/mol. The second-order valence-corrected chi connectivity index (χ2v) is 15.5. The Labute approximate surface area is 328 Å². The van der Waals surface area contributed by atoms with Gasteiger partial charge in [-0.15, -0.1) is 0 Å². The molecule has 0 bridgehead atoms. The fraction of sp³-hybridized carbons (Fsp3) is 0.273. The van der Waals surface area contributed by atoms with Crippen LogP contribution in [-0.4, -0.2) is 62.5 Å². The molecule has 0 unspecified atom stereocenters. The number of sulfone groups is 1. The smallest absolute Gasteiger partial charge is 0.266 e. The van der Waals surface area contributed by atoms with Gasteiger partial charge in [0.25, 0.3) is 5.91 Å². The van der Waals surface area contributed by atoms with Gasteiger partial charge in [0.2, 0.25) is 5.90 Å². The number of hydrogen-bond acceptors (Lipinski definition) is 10. The molecule has 5 aromatic carbocycles. The molecule has 12 heteroatoms. The third-order valence-electron chi connectivity index (χ3n) is 9.40. The molecule has 56 heavy (non-hydrogen) atoms. The molecule has 0 radical (unpaired) electrons.